The quantitative estimate of drug-likeness (QED) is 0.604. The molecule has 0 bridgehead atoms. The van der Waals surface area contributed by atoms with Gasteiger partial charge in [0.25, 0.3) is 5.91 Å². The Labute approximate surface area is 158 Å². The molecule has 1 amide bonds. The molecule has 156 valence electrons. The zero-order chi connectivity index (χ0) is 20.8. The predicted octanol–water partition coefficient (Wildman–Crippen LogP) is 0.348. The number of carbonyl (C=O) groups excluding carboxylic acids is 2. The first-order chi connectivity index (χ1) is 13.1. The molecule has 0 saturated heterocycles. The summed E-state index contributed by atoms with van der Waals surface area (Å²) in [6.45, 7) is -2.57. The van der Waals surface area contributed by atoms with Gasteiger partial charge >= 0.3 is 12.1 Å². The van der Waals surface area contributed by atoms with Crippen molar-refractivity contribution in [1.82, 2.24) is 10.0 Å². The topological polar surface area (TPSA) is 120 Å². The molecule has 0 aliphatic carbocycles. The Balaban J connectivity index is 1.85. The van der Waals surface area contributed by atoms with E-state index < -0.39 is 47.8 Å². The molecule has 9 nitrogen and oxygen atoms in total. The Hall–Kier alpha value is -2.54. The van der Waals surface area contributed by atoms with Gasteiger partial charge in [-0.3, -0.25) is 9.59 Å². The van der Waals surface area contributed by atoms with E-state index in [9.17, 15) is 31.2 Å². The second-order valence-corrected chi connectivity index (χ2v) is 7.30. The first kappa shape index (κ1) is 21.8. The molecule has 1 aliphatic heterocycles. The number of fused-ring (bicyclic) bond motifs is 1. The molecule has 2 N–H and O–H groups in total. The molecule has 0 saturated carbocycles. The van der Waals surface area contributed by atoms with Crippen molar-refractivity contribution in [1.29, 1.82) is 0 Å². The monoisotopic (exact) mass is 426 g/mol. The summed E-state index contributed by atoms with van der Waals surface area (Å²) >= 11 is 0. The molecule has 1 heterocycles. The molecule has 13 heteroatoms. The number of carbonyl (C=O) groups is 2. The van der Waals surface area contributed by atoms with Crippen molar-refractivity contribution in [3.8, 4) is 11.5 Å². The summed E-state index contributed by atoms with van der Waals surface area (Å²) in [7, 11) is -4.10. The smallest absolute Gasteiger partial charge is 0.405 e. The highest BCUT2D eigenvalue weighted by Gasteiger charge is 2.28. The van der Waals surface area contributed by atoms with Crippen LogP contribution in [0, 0.1) is 0 Å². The van der Waals surface area contributed by atoms with Crippen molar-refractivity contribution in [3.05, 3.63) is 18.2 Å². The van der Waals surface area contributed by atoms with Crippen LogP contribution >= 0.6 is 0 Å². The fourth-order valence-corrected chi connectivity index (χ4v) is 2.98. The molecule has 2 rings (SSSR count). The molecular weight excluding hydrogens is 409 g/mol. The van der Waals surface area contributed by atoms with Crippen LogP contribution in [0.1, 0.15) is 6.42 Å². The summed E-state index contributed by atoms with van der Waals surface area (Å²) in [5.74, 6) is -1.68. The number of hydrogen-bond acceptors (Lipinski definition) is 7. The zero-order valence-corrected chi connectivity index (χ0v) is 15.2. The molecular formula is C15H17F3N2O7S. The number of esters is 1. The van der Waals surface area contributed by atoms with Crippen molar-refractivity contribution in [2.75, 3.05) is 32.9 Å². The highest BCUT2D eigenvalue weighted by Crippen LogP contribution is 2.31. The van der Waals surface area contributed by atoms with E-state index in [0.29, 0.717) is 25.4 Å². The van der Waals surface area contributed by atoms with Gasteiger partial charge in [-0.25, -0.2) is 8.42 Å². The number of alkyl halides is 3. The van der Waals surface area contributed by atoms with Gasteiger partial charge in [-0.2, -0.15) is 17.9 Å². The molecule has 0 spiro atoms. The molecule has 1 aromatic rings. The summed E-state index contributed by atoms with van der Waals surface area (Å²) in [6.07, 6.45) is -3.96. The van der Waals surface area contributed by atoms with Gasteiger partial charge in [0, 0.05) is 12.5 Å². The van der Waals surface area contributed by atoms with Gasteiger partial charge in [-0.15, -0.1) is 0 Å². The van der Waals surface area contributed by atoms with Crippen molar-refractivity contribution in [2.45, 2.75) is 17.5 Å². The van der Waals surface area contributed by atoms with Crippen LogP contribution < -0.4 is 19.5 Å². The van der Waals surface area contributed by atoms with Gasteiger partial charge in [-0.05, 0) is 12.1 Å². The minimum Gasteiger partial charge on any atom is -0.490 e. The first-order valence-electron chi connectivity index (χ1n) is 7.95. The third kappa shape index (κ3) is 6.88. The van der Waals surface area contributed by atoms with Gasteiger partial charge in [0.2, 0.25) is 10.0 Å². The lowest BCUT2D eigenvalue weighted by molar-refractivity contribution is -0.150. The lowest BCUT2D eigenvalue weighted by atomic mass is 10.3. The molecule has 1 aliphatic rings. The molecule has 0 radical (unpaired) electrons. The van der Waals surface area contributed by atoms with E-state index in [2.05, 4.69) is 4.74 Å². The third-order valence-electron chi connectivity index (χ3n) is 3.29. The molecule has 28 heavy (non-hydrogen) atoms. The molecule has 0 atom stereocenters. The zero-order valence-electron chi connectivity index (χ0n) is 14.4. The van der Waals surface area contributed by atoms with Crippen LogP contribution in [-0.2, 0) is 24.3 Å². The minimum absolute atomic E-state index is 0.188. The number of benzene rings is 1. The fourth-order valence-electron chi connectivity index (χ4n) is 1.99. The lowest BCUT2D eigenvalue weighted by Crippen LogP contribution is -2.37. The van der Waals surface area contributed by atoms with Crippen molar-refractivity contribution < 1.29 is 45.4 Å². The Kier molecular flexibility index (Phi) is 7.07. The summed E-state index contributed by atoms with van der Waals surface area (Å²) in [4.78, 5) is 22.4. The second kappa shape index (κ2) is 9.10. The van der Waals surface area contributed by atoms with Crippen LogP contribution in [0.2, 0.25) is 0 Å². The summed E-state index contributed by atoms with van der Waals surface area (Å²) in [5, 5.41) is 1.50. The summed E-state index contributed by atoms with van der Waals surface area (Å²) in [6, 6.07) is 3.91. The van der Waals surface area contributed by atoms with Crippen LogP contribution in [0.3, 0.4) is 0 Å². The average molecular weight is 426 g/mol. The number of amides is 1. The van der Waals surface area contributed by atoms with E-state index in [1.165, 1.54) is 23.5 Å². The minimum atomic E-state index is -4.60. The Bertz CT molecular complexity index is 827. The van der Waals surface area contributed by atoms with Gasteiger partial charge < -0.3 is 19.5 Å². The van der Waals surface area contributed by atoms with Gasteiger partial charge in [0.15, 0.2) is 18.1 Å². The number of nitrogens with one attached hydrogen (secondary N) is 2. The van der Waals surface area contributed by atoms with Crippen LogP contribution in [0.25, 0.3) is 0 Å². The number of rotatable bonds is 7. The largest absolute Gasteiger partial charge is 0.490 e. The lowest BCUT2D eigenvalue weighted by Gasteiger charge is -2.11. The Morgan fingerprint density at radius 2 is 1.82 bits per heavy atom. The van der Waals surface area contributed by atoms with E-state index in [1.807, 2.05) is 4.72 Å². The third-order valence-corrected chi connectivity index (χ3v) is 4.68. The van der Waals surface area contributed by atoms with E-state index in [1.54, 1.807) is 0 Å². The molecule has 0 fully saturated rings. The van der Waals surface area contributed by atoms with Crippen molar-refractivity contribution in [3.63, 3.8) is 0 Å². The maximum atomic E-state index is 12.2. The highest BCUT2D eigenvalue weighted by molar-refractivity contribution is 7.89. The van der Waals surface area contributed by atoms with Crippen LogP contribution in [0.4, 0.5) is 13.2 Å². The fraction of sp³-hybridized carbons (Fsp3) is 0.467. The number of ether oxygens (including phenoxy) is 3. The van der Waals surface area contributed by atoms with Crippen LogP contribution in [0.15, 0.2) is 23.1 Å². The maximum absolute atomic E-state index is 12.2. The summed E-state index contributed by atoms with van der Waals surface area (Å²) < 4.78 is 77.5. The van der Waals surface area contributed by atoms with E-state index in [4.69, 9.17) is 9.47 Å². The predicted molar refractivity (Wildman–Crippen MR) is 87.3 cm³/mol. The Morgan fingerprint density at radius 3 is 2.50 bits per heavy atom. The number of hydrogen-bond donors (Lipinski definition) is 2. The standard InChI is InChI=1S/C15H17F3N2O7S/c16-15(17,18)9-19-13(21)8-27-14(22)7-20-28(23,24)10-2-3-11-12(6-10)26-5-1-4-25-11/h2-3,6,20H,1,4-5,7-9H2,(H,19,21). The normalized spacial score (nSPS) is 14.1. The van der Waals surface area contributed by atoms with E-state index >= 15 is 0 Å². The molecule has 0 unspecified atom stereocenters. The van der Waals surface area contributed by atoms with Crippen LogP contribution in [0.5, 0.6) is 11.5 Å². The van der Waals surface area contributed by atoms with Gasteiger partial charge in [0.05, 0.1) is 18.1 Å². The maximum Gasteiger partial charge on any atom is 0.405 e. The van der Waals surface area contributed by atoms with Crippen molar-refractivity contribution in [2.24, 2.45) is 0 Å². The average Bonchev–Trinajstić information content (AvgIpc) is 2.87. The number of sulfonamides is 1. The van der Waals surface area contributed by atoms with Crippen molar-refractivity contribution >= 4 is 21.9 Å². The molecule has 0 aromatic heterocycles. The van der Waals surface area contributed by atoms with Gasteiger partial charge in [-0.1, -0.05) is 0 Å². The van der Waals surface area contributed by atoms with Gasteiger partial charge in [0.1, 0.15) is 13.1 Å². The Morgan fingerprint density at radius 1 is 1.14 bits per heavy atom. The summed E-state index contributed by atoms with van der Waals surface area (Å²) in [5.41, 5.74) is 0. The van der Waals surface area contributed by atoms with E-state index in [-0.39, 0.29) is 10.6 Å². The first-order valence-corrected chi connectivity index (χ1v) is 9.43. The highest BCUT2D eigenvalue weighted by atomic mass is 32.2. The molecule has 1 aromatic carbocycles. The van der Waals surface area contributed by atoms with Crippen LogP contribution in [-0.4, -0.2) is 59.4 Å². The number of halogens is 3. The van der Waals surface area contributed by atoms with E-state index in [0.717, 1.165) is 0 Å². The SMILES string of the molecule is O=C(COC(=O)CNS(=O)(=O)c1ccc2c(c1)OCCCO2)NCC(F)(F)F. The second-order valence-electron chi connectivity index (χ2n) is 5.54.